The lowest BCUT2D eigenvalue weighted by molar-refractivity contribution is 0.129. The summed E-state index contributed by atoms with van der Waals surface area (Å²) in [6.45, 7) is 4.01. The Hall–Kier alpha value is -1.06. The molecule has 1 aromatic rings. The first kappa shape index (κ1) is 12.4. The Morgan fingerprint density at radius 1 is 1.29 bits per heavy atom. The lowest BCUT2D eigenvalue weighted by atomic mass is 9.90. The molecule has 1 heterocycles. The lowest BCUT2D eigenvalue weighted by Gasteiger charge is -2.23. The van der Waals surface area contributed by atoms with Gasteiger partial charge in [0.2, 0.25) is 0 Å². The highest BCUT2D eigenvalue weighted by molar-refractivity contribution is 5.30. The average Bonchev–Trinajstić information content (AvgIpc) is 2.72. The Morgan fingerprint density at radius 3 is 2.59 bits per heavy atom. The first-order chi connectivity index (χ1) is 8.17. The van der Waals surface area contributed by atoms with Crippen LogP contribution in [0.25, 0.3) is 0 Å². The molecule has 2 rings (SSSR count). The molecule has 0 spiro atoms. The van der Waals surface area contributed by atoms with E-state index < -0.39 is 0 Å². The second-order valence-corrected chi connectivity index (χ2v) is 5.05. The molecule has 3 nitrogen and oxygen atoms in total. The van der Waals surface area contributed by atoms with Gasteiger partial charge >= 0.3 is 0 Å². The van der Waals surface area contributed by atoms with Crippen molar-refractivity contribution in [2.75, 3.05) is 27.4 Å². The number of hydrogen-bond donors (Lipinski definition) is 1. The summed E-state index contributed by atoms with van der Waals surface area (Å²) in [5, 5.41) is 3.55. The van der Waals surface area contributed by atoms with Gasteiger partial charge in [-0.25, -0.2) is 0 Å². The van der Waals surface area contributed by atoms with Crippen LogP contribution in [-0.2, 0) is 4.74 Å². The zero-order valence-electron chi connectivity index (χ0n) is 10.8. The molecule has 1 fully saturated rings. The molecule has 0 aromatic heterocycles. The first-order valence-electron chi connectivity index (χ1n) is 6.05. The van der Waals surface area contributed by atoms with Gasteiger partial charge in [0.15, 0.2) is 0 Å². The SMILES string of the molecule is COCC1(C)CC(c2ccc(OC)cc2)CN1. The third kappa shape index (κ3) is 2.79. The second kappa shape index (κ2) is 5.07. The molecular weight excluding hydrogens is 214 g/mol. The summed E-state index contributed by atoms with van der Waals surface area (Å²) in [5.41, 5.74) is 1.48. The molecular formula is C14H21NO2. The summed E-state index contributed by atoms with van der Waals surface area (Å²) in [7, 11) is 3.45. The standard InChI is InChI=1S/C14H21NO2/c1-14(10-16-2)8-12(9-15-14)11-4-6-13(17-3)7-5-11/h4-7,12,15H,8-10H2,1-3H3. The predicted molar refractivity (Wildman–Crippen MR) is 68.6 cm³/mol. The predicted octanol–water partition coefficient (Wildman–Crippen LogP) is 2.18. The van der Waals surface area contributed by atoms with Crippen LogP contribution in [-0.4, -0.2) is 32.9 Å². The first-order valence-corrected chi connectivity index (χ1v) is 6.05. The maximum absolute atomic E-state index is 5.27. The van der Waals surface area contributed by atoms with Gasteiger partial charge in [-0.1, -0.05) is 12.1 Å². The Kier molecular flexibility index (Phi) is 3.69. The van der Waals surface area contributed by atoms with E-state index in [4.69, 9.17) is 9.47 Å². The van der Waals surface area contributed by atoms with E-state index in [9.17, 15) is 0 Å². The lowest BCUT2D eigenvalue weighted by Crippen LogP contribution is -2.40. The third-order valence-corrected chi connectivity index (χ3v) is 3.52. The van der Waals surface area contributed by atoms with Gasteiger partial charge in [-0.05, 0) is 37.0 Å². The second-order valence-electron chi connectivity index (χ2n) is 5.05. The summed E-state index contributed by atoms with van der Waals surface area (Å²) < 4.78 is 10.4. The van der Waals surface area contributed by atoms with Crippen LogP contribution in [0.1, 0.15) is 24.8 Å². The van der Waals surface area contributed by atoms with Gasteiger partial charge in [0.05, 0.1) is 13.7 Å². The molecule has 17 heavy (non-hydrogen) atoms. The van der Waals surface area contributed by atoms with Crippen molar-refractivity contribution in [2.24, 2.45) is 0 Å². The van der Waals surface area contributed by atoms with Gasteiger partial charge < -0.3 is 14.8 Å². The van der Waals surface area contributed by atoms with Gasteiger partial charge in [0.1, 0.15) is 5.75 Å². The largest absolute Gasteiger partial charge is 0.497 e. The van der Waals surface area contributed by atoms with Gasteiger partial charge in [0, 0.05) is 19.2 Å². The van der Waals surface area contributed by atoms with Crippen LogP contribution in [0.3, 0.4) is 0 Å². The molecule has 2 unspecified atom stereocenters. The van der Waals surface area contributed by atoms with Crippen molar-refractivity contribution in [3.63, 3.8) is 0 Å². The summed E-state index contributed by atoms with van der Waals surface area (Å²) in [5.74, 6) is 1.49. The van der Waals surface area contributed by atoms with E-state index in [1.54, 1.807) is 14.2 Å². The van der Waals surface area contributed by atoms with Crippen molar-refractivity contribution in [1.82, 2.24) is 5.32 Å². The Bertz CT molecular complexity index is 363. The molecule has 3 heteroatoms. The molecule has 2 atom stereocenters. The fraction of sp³-hybridized carbons (Fsp3) is 0.571. The van der Waals surface area contributed by atoms with E-state index in [0.717, 1.165) is 25.3 Å². The fourth-order valence-corrected chi connectivity index (χ4v) is 2.60. The van der Waals surface area contributed by atoms with Crippen LogP contribution >= 0.6 is 0 Å². The summed E-state index contributed by atoms with van der Waals surface area (Å²) in [6, 6.07) is 8.37. The molecule has 1 aromatic carbocycles. The van der Waals surface area contributed by atoms with Crippen LogP contribution in [0, 0.1) is 0 Å². The highest BCUT2D eigenvalue weighted by atomic mass is 16.5. The molecule has 0 bridgehead atoms. The average molecular weight is 235 g/mol. The summed E-state index contributed by atoms with van der Waals surface area (Å²) >= 11 is 0. The molecule has 1 aliphatic heterocycles. The Balaban J connectivity index is 2.04. The van der Waals surface area contributed by atoms with Crippen molar-refractivity contribution < 1.29 is 9.47 Å². The van der Waals surface area contributed by atoms with E-state index >= 15 is 0 Å². The normalized spacial score (nSPS) is 28.3. The highest BCUT2D eigenvalue weighted by Gasteiger charge is 2.35. The van der Waals surface area contributed by atoms with Crippen molar-refractivity contribution in [3.8, 4) is 5.75 Å². The number of hydrogen-bond acceptors (Lipinski definition) is 3. The number of nitrogens with one attached hydrogen (secondary N) is 1. The van der Waals surface area contributed by atoms with E-state index in [1.165, 1.54) is 5.56 Å². The van der Waals surface area contributed by atoms with Gasteiger partial charge in [0.25, 0.3) is 0 Å². The van der Waals surface area contributed by atoms with E-state index in [2.05, 4.69) is 24.4 Å². The molecule has 94 valence electrons. The topological polar surface area (TPSA) is 30.5 Å². The van der Waals surface area contributed by atoms with Gasteiger partial charge in [-0.2, -0.15) is 0 Å². The van der Waals surface area contributed by atoms with Crippen molar-refractivity contribution >= 4 is 0 Å². The highest BCUT2D eigenvalue weighted by Crippen LogP contribution is 2.32. The third-order valence-electron chi connectivity index (χ3n) is 3.52. The van der Waals surface area contributed by atoms with E-state index in [1.807, 2.05) is 12.1 Å². The maximum atomic E-state index is 5.27. The van der Waals surface area contributed by atoms with Gasteiger partial charge in [-0.15, -0.1) is 0 Å². The van der Waals surface area contributed by atoms with Gasteiger partial charge in [-0.3, -0.25) is 0 Å². The number of benzene rings is 1. The molecule has 1 saturated heterocycles. The van der Waals surface area contributed by atoms with Crippen LogP contribution in [0.15, 0.2) is 24.3 Å². The summed E-state index contributed by atoms with van der Waals surface area (Å²) in [4.78, 5) is 0. The van der Waals surface area contributed by atoms with Crippen molar-refractivity contribution in [1.29, 1.82) is 0 Å². The van der Waals surface area contributed by atoms with Crippen LogP contribution in [0.5, 0.6) is 5.75 Å². The molecule has 1 aliphatic rings. The fourth-order valence-electron chi connectivity index (χ4n) is 2.60. The van der Waals surface area contributed by atoms with E-state index in [0.29, 0.717) is 5.92 Å². The van der Waals surface area contributed by atoms with Crippen LogP contribution in [0.4, 0.5) is 0 Å². The Labute approximate surface area is 103 Å². The molecule has 0 radical (unpaired) electrons. The minimum atomic E-state index is 0.110. The smallest absolute Gasteiger partial charge is 0.118 e. The molecule has 0 amide bonds. The van der Waals surface area contributed by atoms with Crippen LogP contribution in [0.2, 0.25) is 0 Å². The number of ether oxygens (including phenoxy) is 2. The Morgan fingerprint density at radius 2 is 2.00 bits per heavy atom. The minimum Gasteiger partial charge on any atom is -0.497 e. The minimum absolute atomic E-state index is 0.110. The molecule has 0 aliphatic carbocycles. The zero-order chi connectivity index (χ0) is 12.3. The summed E-state index contributed by atoms with van der Waals surface area (Å²) in [6.07, 6.45) is 1.12. The van der Waals surface area contributed by atoms with Crippen LogP contribution < -0.4 is 10.1 Å². The quantitative estimate of drug-likeness (QED) is 0.867. The maximum Gasteiger partial charge on any atom is 0.118 e. The number of rotatable bonds is 4. The zero-order valence-corrected chi connectivity index (χ0v) is 10.8. The monoisotopic (exact) mass is 235 g/mol. The molecule has 0 saturated carbocycles. The van der Waals surface area contributed by atoms with Crippen molar-refractivity contribution in [2.45, 2.75) is 24.8 Å². The van der Waals surface area contributed by atoms with E-state index in [-0.39, 0.29) is 5.54 Å². The number of methoxy groups -OCH3 is 2. The molecule has 1 N–H and O–H groups in total. The van der Waals surface area contributed by atoms with Crippen molar-refractivity contribution in [3.05, 3.63) is 29.8 Å².